The van der Waals surface area contributed by atoms with E-state index in [1.807, 2.05) is 24.3 Å². The zero-order chi connectivity index (χ0) is 20.7. The molecule has 0 aliphatic heterocycles. The summed E-state index contributed by atoms with van der Waals surface area (Å²) in [5, 5.41) is 2.71. The van der Waals surface area contributed by atoms with Crippen LogP contribution in [-0.4, -0.2) is 14.5 Å². The van der Waals surface area contributed by atoms with Gasteiger partial charge in [-0.05, 0) is 25.1 Å². The third-order valence-electron chi connectivity index (χ3n) is 4.64. The minimum Gasteiger partial charge on any atom is -0.397 e. The zero-order valence-electron chi connectivity index (χ0n) is 15.4. The van der Waals surface area contributed by atoms with Crippen molar-refractivity contribution in [1.82, 2.24) is 14.5 Å². The average Bonchev–Trinajstić information content (AvgIpc) is 2.69. The van der Waals surface area contributed by atoms with Gasteiger partial charge in [0.1, 0.15) is 5.69 Å². The van der Waals surface area contributed by atoms with Gasteiger partial charge in [0.25, 0.3) is 5.56 Å². The van der Waals surface area contributed by atoms with Crippen molar-refractivity contribution in [1.29, 1.82) is 0 Å². The summed E-state index contributed by atoms with van der Waals surface area (Å²) in [6, 6.07) is 12.5. The van der Waals surface area contributed by atoms with Crippen LogP contribution < -0.4 is 27.8 Å². The lowest BCUT2D eigenvalue weighted by atomic mass is 10.1. The molecule has 29 heavy (non-hydrogen) atoms. The highest BCUT2D eigenvalue weighted by atomic mass is 79.9. The molecule has 0 aliphatic rings. The number of hydrogen-bond donors (Lipinski definition) is 3. The van der Waals surface area contributed by atoms with E-state index < -0.39 is 11.2 Å². The van der Waals surface area contributed by atoms with Crippen molar-refractivity contribution in [3.05, 3.63) is 85.9 Å². The molecule has 2 aromatic heterocycles. The first kappa shape index (κ1) is 18.9. The number of halogens is 1. The highest BCUT2D eigenvalue weighted by Gasteiger charge is 2.20. The zero-order valence-corrected chi connectivity index (χ0v) is 17.0. The fraction of sp³-hybridized carbons (Fsp3) is 0.0500. The van der Waals surface area contributed by atoms with Gasteiger partial charge in [-0.15, -0.1) is 0 Å². The molecule has 4 aromatic rings. The molecule has 2 heterocycles. The Hall–Kier alpha value is -3.43. The molecule has 0 aliphatic carbocycles. The molecule has 146 valence electrons. The maximum absolute atomic E-state index is 13.4. The Bertz CT molecular complexity index is 1360. The summed E-state index contributed by atoms with van der Waals surface area (Å²) in [6.45, 7) is 1.61. The highest BCUT2D eigenvalue weighted by molar-refractivity contribution is 9.10. The summed E-state index contributed by atoms with van der Waals surface area (Å²) in [5.41, 5.74) is 6.50. The molecule has 0 saturated carbocycles. The summed E-state index contributed by atoms with van der Waals surface area (Å²) in [4.78, 5) is 33.0. The lowest BCUT2D eigenvalue weighted by molar-refractivity contribution is 0.844. The predicted molar refractivity (Wildman–Crippen MR) is 118 cm³/mol. The lowest BCUT2D eigenvalue weighted by Crippen LogP contribution is -2.41. The number of hydrogen-bond acceptors (Lipinski definition) is 6. The molecule has 0 saturated heterocycles. The minimum absolute atomic E-state index is 0.0994. The average molecular weight is 453 g/mol. The molecule has 0 radical (unpaired) electrons. The molecule has 2 aromatic carbocycles. The van der Waals surface area contributed by atoms with Gasteiger partial charge < -0.3 is 10.7 Å². The minimum atomic E-state index is -0.579. The van der Waals surface area contributed by atoms with E-state index in [9.17, 15) is 9.59 Å². The Labute approximate surface area is 173 Å². The van der Waals surface area contributed by atoms with Gasteiger partial charge in [0.2, 0.25) is 0 Å². The topological polar surface area (TPSA) is 123 Å². The number of fused-ring (bicyclic) bond motifs is 1. The number of anilines is 3. The Morgan fingerprint density at radius 2 is 1.90 bits per heavy atom. The fourth-order valence-corrected chi connectivity index (χ4v) is 3.61. The summed E-state index contributed by atoms with van der Waals surface area (Å²) >= 11 is 3.38. The summed E-state index contributed by atoms with van der Waals surface area (Å²) in [5.74, 6) is 6.28. The second kappa shape index (κ2) is 7.19. The van der Waals surface area contributed by atoms with E-state index in [1.54, 1.807) is 31.3 Å². The SMILES string of the molecule is Cc1[nH]c(=O)n(-c2cncc3ccccc23)c(=O)c1N(N)c1cc(Br)ccc1N. The quantitative estimate of drug-likeness (QED) is 0.249. The molecule has 0 unspecified atom stereocenters. The number of pyridine rings is 1. The maximum Gasteiger partial charge on any atom is 0.333 e. The largest absolute Gasteiger partial charge is 0.397 e. The van der Waals surface area contributed by atoms with E-state index in [1.165, 1.54) is 11.2 Å². The number of benzene rings is 2. The molecule has 0 bridgehead atoms. The van der Waals surface area contributed by atoms with E-state index >= 15 is 0 Å². The first-order valence-corrected chi connectivity index (χ1v) is 9.46. The Balaban J connectivity index is 2.01. The molecule has 4 rings (SSSR count). The maximum atomic E-state index is 13.4. The van der Waals surface area contributed by atoms with Crippen LogP contribution in [0.25, 0.3) is 16.5 Å². The van der Waals surface area contributed by atoms with E-state index in [0.717, 1.165) is 19.8 Å². The normalized spacial score (nSPS) is 11.0. The van der Waals surface area contributed by atoms with Crippen molar-refractivity contribution < 1.29 is 0 Å². The van der Waals surface area contributed by atoms with Gasteiger partial charge in [0.05, 0.1) is 23.3 Å². The van der Waals surface area contributed by atoms with Crippen molar-refractivity contribution in [2.45, 2.75) is 6.92 Å². The van der Waals surface area contributed by atoms with Crippen molar-refractivity contribution in [3.63, 3.8) is 0 Å². The lowest BCUT2D eigenvalue weighted by Gasteiger charge is -2.22. The number of nitrogen functional groups attached to an aromatic ring is 1. The monoisotopic (exact) mass is 452 g/mol. The van der Waals surface area contributed by atoms with E-state index in [-0.39, 0.29) is 5.69 Å². The Morgan fingerprint density at radius 3 is 2.69 bits per heavy atom. The standard InChI is InChI=1S/C20H17BrN6O2/c1-11-18(27(23)16-8-13(21)6-7-15(16)22)19(28)26(20(29)25-11)17-10-24-9-12-4-2-3-5-14(12)17/h2-10H,22-23H2,1H3,(H,25,29). The van der Waals surface area contributed by atoms with Crippen LogP contribution >= 0.6 is 15.9 Å². The second-order valence-corrected chi connectivity index (χ2v) is 7.41. The number of aromatic amines is 1. The first-order chi connectivity index (χ1) is 13.9. The van der Waals surface area contributed by atoms with Crippen LogP contribution in [-0.2, 0) is 0 Å². The number of H-pyrrole nitrogens is 1. The number of hydrazine groups is 1. The van der Waals surface area contributed by atoms with Gasteiger partial charge in [0.15, 0.2) is 0 Å². The van der Waals surface area contributed by atoms with Crippen LogP contribution in [0.15, 0.2) is 68.9 Å². The number of nitrogens with zero attached hydrogens (tertiary/aromatic N) is 3. The number of nitrogens with one attached hydrogen (secondary N) is 1. The first-order valence-electron chi connectivity index (χ1n) is 8.67. The summed E-state index contributed by atoms with van der Waals surface area (Å²) < 4.78 is 1.78. The van der Waals surface area contributed by atoms with E-state index in [0.29, 0.717) is 22.8 Å². The molecular formula is C20H17BrN6O2. The van der Waals surface area contributed by atoms with E-state index in [2.05, 4.69) is 25.9 Å². The van der Waals surface area contributed by atoms with Gasteiger partial charge in [-0.2, -0.15) is 0 Å². The summed E-state index contributed by atoms with van der Waals surface area (Å²) in [6.07, 6.45) is 3.15. The third-order valence-corrected chi connectivity index (χ3v) is 5.13. The third kappa shape index (κ3) is 3.20. The Morgan fingerprint density at radius 1 is 1.14 bits per heavy atom. The van der Waals surface area contributed by atoms with Crippen LogP contribution in [0.1, 0.15) is 5.69 Å². The van der Waals surface area contributed by atoms with Crippen molar-refractivity contribution in [2.75, 3.05) is 10.7 Å². The molecule has 5 N–H and O–H groups in total. The summed E-state index contributed by atoms with van der Waals surface area (Å²) in [7, 11) is 0. The Kier molecular flexibility index (Phi) is 4.69. The number of nitrogens with two attached hydrogens (primary N) is 2. The highest BCUT2D eigenvalue weighted by Crippen LogP contribution is 2.30. The number of aromatic nitrogens is 3. The van der Waals surface area contributed by atoms with Gasteiger partial charge in [-0.3, -0.25) is 14.8 Å². The number of rotatable bonds is 3. The van der Waals surface area contributed by atoms with Crippen molar-refractivity contribution in [2.24, 2.45) is 5.84 Å². The van der Waals surface area contributed by atoms with Crippen LogP contribution in [0.4, 0.5) is 17.1 Å². The molecule has 0 atom stereocenters. The van der Waals surface area contributed by atoms with Crippen molar-refractivity contribution >= 4 is 43.8 Å². The molecule has 9 heteroatoms. The van der Waals surface area contributed by atoms with Gasteiger partial charge in [-0.25, -0.2) is 15.2 Å². The molecule has 8 nitrogen and oxygen atoms in total. The number of aryl methyl sites for hydroxylation is 1. The smallest absolute Gasteiger partial charge is 0.333 e. The van der Waals surface area contributed by atoms with Crippen LogP contribution in [0.3, 0.4) is 0 Å². The van der Waals surface area contributed by atoms with Crippen LogP contribution in [0.5, 0.6) is 0 Å². The van der Waals surface area contributed by atoms with Crippen LogP contribution in [0.2, 0.25) is 0 Å². The molecule has 0 spiro atoms. The molecule has 0 fully saturated rings. The van der Waals surface area contributed by atoms with E-state index in [4.69, 9.17) is 11.6 Å². The van der Waals surface area contributed by atoms with Crippen LogP contribution in [0, 0.1) is 6.92 Å². The van der Waals surface area contributed by atoms with Gasteiger partial charge in [-0.1, -0.05) is 40.2 Å². The fourth-order valence-electron chi connectivity index (χ4n) is 3.26. The van der Waals surface area contributed by atoms with Gasteiger partial charge in [0, 0.05) is 27.1 Å². The predicted octanol–water partition coefficient (Wildman–Crippen LogP) is 2.74. The molecular weight excluding hydrogens is 436 g/mol. The molecule has 0 amide bonds. The second-order valence-electron chi connectivity index (χ2n) is 6.50. The van der Waals surface area contributed by atoms with Gasteiger partial charge >= 0.3 is 5.69 Å². The van der Waals surface area contributed by atoms with Crippen molar-refractivity contribution in [3.8, 4) is 5.69 Å².